The van der Waals surface area contributed by atoms with Crippen molar-refractivity contribution in [2.24, 2.45) is 5.92 Å². The second-order valence-corrected chi connectivity index (χ2v) is 33.0. The summed E-state index contributed by atoms with van der Waals surface area (Å²) in [5.74, 6) is 5.12. The van der Waals surface area contributed by atoms with Crippen molar-refractivity contribution in [2.75, 3.05) is 80.0 Å². The Labute approximate surface area is 840 Å². The van der Waals surface area contributed by atoms with Gasteiger partial charge in [-0.25, -0.2) is 43.2 Å². The van der Waals surface area contributed by atoms with Crippen molar-refractivity contribution >= 4 is 53.7 Å². The van der Waals surface area contributed by atoms with E-state index in [9.17, 15) is 43.2 Å². The quantitative estimate of drug-likeness (QED) is 0.00853. The fourth-order valence-electron chi connectivity index (χ4n) is 14.2. The van der Waals surface area contributed by atoms with E-state index in [0.29, 0.717) is 157 Å². The van der Waals surface area contributed by atoms with Crippen LogP contribution in [0.25, 0.3) is 0 Å². The highest BCUT2D eigenvalue weighted by Crippen LogP contribution is 2.38. The lowest BCUT2D eigenvalue weighted by atomic mass is 9.77. The van der Waals surface area contributed by atoms with Crippen LogP contribution in [0.1, 0.15) is 238 Å². The first-order chi connectivity index (χ1) is 69.7. The Bertz CT molecular complexity index is 5350. The van der Waals surface area contributed by atoms with E-state index < -0.39 is 29.8 Å². The van der Waals surface area contributed by atoms with Crippen molar-refractivity contribution in [1.82, 2.24) is 0 Å². The topological polar surface area (TPSA) is 334 Å². The first-order valence-electron chi connectivity index (χ1n) is 48.8. The molecule has 0 atom stereocenters. The lowest BCUT2D eigenvalue weighted by Gasteiger charge is -2.28. The number of rotatable bonds is 61. The molecule has 27 heteroatoms. The minimum Gasteiger partial charge on any atom is -0.497 e. The molecule has 760 valence electrons. The van der Waals surface area contributed by atoms with Crippen LogP contribution in [0.3, 0.4) is 0 Å². The monoisotopic (exact) mass is 1960 g/mol. The maximum Gasteiger partial charge on any atom is 0.343 e. The summed E-state index contributed by atoms with van der Waals surface area (Å²) in [6, 6.07) is 63.1. The summed E-state index contributed by atoms with van der Waals surface area (Å²) in [5, 5.41) is 8.78. The van der Waals surface area contributed by atoms with E-state index >= 15 is 0 Å². The van der Waals surface area contributed by atoms with Crippen LogP contribution in [0.5, 0.6) is 69.0 Å². The van der Waals surface area contributed by atoms with Crippen molar-refractivity contribution in [2.45, 2.75) is 187 Å². The van der Waals surface area contributed by atoms with Crippen LogP contribution in [0.15, 0.2) is 276 Å². The number of carbonyl (C=O) groups excluding carboxylic acids is 9. The summed E-state index contributed by atoms with van der Waals surface area (Å²) >= 11 is 0. The SMILES string of the molecule is C=CC(=O)OCCCCCCOc1ccc(C(=O)Oc2ccc(C#N)cc2)cc1.C=CC(=O)OCCCCCCOc1ccc(C(=O)Oc2ccc(C3CCC(CCC)CC3)cc2)cc1.C=CC(=O)OCCCCCCOc1ccc(C(=O)Oc2ccc(OC)cc2)cc1.C=CC(=O)OCCCCCCOc1ccc(OCOc2ccc(OC(=O)c3ccc(OCCCCCCOC(=O)C=C)cc3)cc2C)cc1. The normalized spacial score (nSPS) is 12.0. The number of hydrogen-bond donors (Lipinski definition) is 0. The van der Waals surface area contributed by atoms with Gasteiger partial charge >= 0.3 is 53.7 Å². The zero-order valence-corrected chi connectivity index (χ0v) is 82.5. The van der Waals surface area contributed by atoms with Gasteiger partial charge in [-0.05, 0) is 384 Å². The van der Waals surface area contributed by atoms with Gasteiger partial charge in [0.2, 0.25) is 6.79 Å². The number of carbonyl (C=O) groups is 9. The number of nitriles is 1. The third kappa shape index (κ3) is 48.5. The number of ether oxygens (including phenoxy) is 17. The summed E-state index contributed by atoms with van der Waals surface area (Å²) in [5.41, 5.74) is 4.40. The summed E-state index contributed by atoms with van der Waals surface area (Å²) in [7, 11) is 1.58. The van der Waals surface area contributed by atoms with E-state index in [1.807, 2.05) is 49.4 Å². The van der Waals surface area contributed by atoms with E-state index in [0.717, 1.165) is 170 Å². The molecule has 0 heterocycles. The Morgan fingerprint density at radius 1 is 0.301 bits per heavy atom. The largest absolute Gasteiger partial charge is 0.497 e. The van der Waals surface area contributed by atoms with Crippen molar-refractivity contribution < 1.29 is 124 Å². The maximum atomic E-state index is 12.7. The molecule has 9 aromatic carbocycles. The van der Waals surface area contributed by atoms with Crippen molar-refractivity contribution in [3.8, 4) is 75.1 Å². The molecular weight excluding hydrogens is 1820 g/mol. The summed E-state index contributed by atoms with van der Waals surface area (Å²) in [6.45, 7) is 25.9. The Morgan fingerprint density at radius 2 is 0.552 bits per heavy atom. The molecule has 1 aliphatic carbocycles. The molecule has 27 nitrogen and oxygen atoms in total. The molecule has 0 aliphatic heterocycles. The molecular formula is C116H135NO26. The first kappa shape index (κ1) is 115. The molecule has 143 heavy (non-hydrogen) atoms. The fraction of sp³-hybridized carbons (Fsp3) is 0.362. The van der Waals surface area contributed by atoms with Crippen LogP contribution >= 0.6 is 0 Å². The number of esters is 9. The highest BCUT2D eigenvalue weighted by Gasteiger charge is 2.23. The van der Waals surface area contributed by atoms with Crippen LogP contribution in [0.4, 0.5) is 0 Å². The van der Waals surface area contributed by atoms with E-state index in [1.54, 1.807) is 171 Å². The Balaban J connectivity index is 0.000000265. The van der Waals surface area contributed by atoms with Crippen LogP contribution in [-0.2, 0) is 47.7 Å². The van der Waals surface area contributed by atoms with Gasteiger partial charge in [-0.3, -0.25) is 0 Å². The highest BCUT2D eigenvalue weighted by molar-refractivity contribution is 5.93. The third-order valence-electron chi connectivity index (χ3n) is 22.1. The minimum absolute atomic E-state index is 0.00390. The van der Waals surface area contributed by atoms with Gasteiger partial charge in [0.1, 0.15) is 69.0 Å². The Kier molecular flexibility index (Phi) is 55.9. The van der Waals surface area contributed by atoms with Gasteiger partial charge in [0, 0.05) is 30.4 Å². The van der Waals surface area contributed by atoms with Gasteiger partial charge < -0.3 is 80.5 Å². The second kappa shape index (κ2) is 69.6. The van der Waals surface area contributed by atoms with Crippen LogP contribution < -0.4 is 56.8 Å². The van der Waals surface area contributed by atoms with E-state index in [1.165, 1.54) is 56.2 Å². The van der Waals surface area contributed by atoms with Gasteiger partial charge in [0.05, 0.1) is 107 Å². The highest BCUT2D eigenvalue weighted by atomic mass is 16.7. The number of aryl methyl sites for hydroxylation is 1. The number of nitrogens with zero attached hydrogens (tertiary/aromatic N) is 1. The molecule has 0 spiro atoms. The zero-order chi connectivity index (χ0) is 102. The number of benzene rings is 9. The molecule has 1 fully saturated rings. The first-order valence-corrected chi connectivity index (χ1v) is 48.8. The molecule has 0 saturated heterocycles. The summed E-state index contributed by atoms with van der Waals surface area (Å²) < 4.78 is 91.7. The molecule has 1 saturated carbocycles. The third-order valence-corrected chi connectivity index (χ3v) is 22.1. The number of hydrogen-bond acceptors (Lipinski definition) is 27. The van der Waals surface area contributed by atoms with Crippen molar-refractivity contribution in [3.63, 3.8) is 0 Å². The van der Waals surface area contributed by atoms with E-state index in [4.69, 9.17) is 85.8 Å². The van der Waals surface area contributed by atoms with Crippen molar-refractivity contribution in [1.29, 1.82) is 5.26 Å². The van der Waals surface area contributed by atoms with Gasteiger partial charge in [0.15, 0.2) is 0 Å². The fourth-order valence-corrected chi connectivity index (χ4v) is 14.2. The van der Waals surface area contributed by atoms with Gasteiger partial charge in [0.25, 0.3) is 0 Å². The molecule has 0 unspecified atom stereocenters. The molecule has 0 aromatic heterocycles. The molecule has 0 bridgehead atoms. The molecule has 0 N–H and O–H groups in total. The lowest BCUT2D eigenvalue weighted by Crippen LogP contribution is -2.13. The molecule has 0 radical (unpaired) electrons. The molecule has 0 amide bonds. The van der Waals surface area contributed by atoms with Crippen LogP contribution in [0, 0.1) is 24.2 Å². The van der Waals surface area contributed by atoms with E-state index in [2.05, 4.69) is 52.0 Å². The average molecular weight is 1960 g/mol. The summed E-state index contributed by atoms with van der Waals surface area (Å²) in [6.07, 6.45) is 31.9. The van der Waals surface area contributed by atoms with Crippen LogP contribution in [0.2, 0.25) is 0 Å². The van der Waals surface area contributed by atoms with Crippen molar-refractivity contribution in [3.05, 3.63) is 315 Å². The minimum atomic E-state index is -0.476. The van der Waals surface area contributed by atoms with Gasteiger partial charge in [-0.2, -0.15) is 5.26 Å². The predicted octanol–water partition coefficient (Wildman–Crippen LogP) is 24.6. The van der Waals surface area contributed by atoms with Gasteiger partial charge in [-0.1, -0.05) is 64.8 Å². The van der Waals surface area contributed by atoms with Crippen LogP contribution in [-0.4, -0.2) is 134 Å². The molecule has 1 aliphatic rings. The standard InChI is InChI=1S/C39H46O10.C31H40O5.C23H23NO5.C23H26O6/c1-4-37(40)45-26-12-8-6-10-24-43-32-16-14-31(15-17-32)39(42)49-35-22-23-36(30(3)28-35)48-29-47-34-20-18-33(19-21-34)44-25-11-7-9-13-27-46-38(41)5-2;1-3-9-24-10-12-25(13-11-24)26-14-20-29(21-15-26)36-31(33)27-16-18-28(19-17-27)34-22-7-5-6-8-23-35-30(32)4-2;1-2-22(25)28-16-6-4-3-5-15-27-20-13-9-19(10-14-20)23(26)29-21-11-7-18(17-24)8-12-21;1-3-22(24)28-17-7-5-4-6-16-27-20-10-8-18(9-11-20)23(25)29-21-14-12-19(26-2)13-15-21/h4-5,14-23,28H,1-2,6-13,24-27,29H2,3H3;4,14-21,24-25H,2-3,5-13,22-23H2,1H3;2,7-14H,1,3-6,15-16H2;3,8-15H,1,4-7,16-17H2,2H3. The number of methoxy groups -OCH3 is 1. The predicted molar refractivity (Wildman–Crippen MR) is 545 cm³/mol. The Hall–Kier alpha value is -15.2. The van der Waals surface area contributed by atoms with Gasteiger partial charge in [-0.15, -0.1) is 0 Å². The maximum absolute atomic E-state index is 12.7. The summed E-state index contributed by atoms with van der Waals surface area (Å²) in [4.78, 5) is 104. The second-order valence-electron chi connectivity index (χ2n) is 33.0. The molecule has 10 rings (SSSR count). The van der Waals surface area contributed by atoms with E-state index in [-0.39, 0.29) is 30.7 Å². The smallest absolute Gasteiger partial charge is 0.343 e. The lowest BCUT2D eigenvalue weighted by molar-refractivity contribution is -0.138. The zero-order valence-electron chi connectivity index (χ0n) is 82.5. The average Bonchev–Trinajstić information content (AvgIpc) is 0.476. The molecule has 9 aromatic rings. The number of unbranched alkanes of at least 4 members (excludes halogenated alkanes) is 15. The Morgan fingerprint density at radius 3 is 0.832 bits per heavy atom.